The summed E-state index contributed by atoms with van der Waals surface area (Å²) in [6, 6.07) is 18.7. The van der Waals surface area contributed by atoms with E-state index < -0.39 is 0 Å². The molecule has 0 aromatic heterocycles. The minimum absolute atomic E-state index is 0.174. The molecular formula is C27H36O3. The molecule has 1 fully saturated rings. The molecule has 1 unspecified atom stereocenters. The standard InChI is InChI=1S/C27H36O3/c1-4-23(24-10-12-25(29-3)13-11-24)14-17-27(21(2)28)18-15-26(16-19-27)30-20-22-8-6-5-7-9-22/h5-13,23,26H,4,14-20H2,1-3H3. The van der Waals surface area contributed by atoms with E-state index in [0.29, 0.717) is 18.3 Å². The number of hydrogen-bond donors (Lipinski definition) is 0. The van der Waals surface area contributed by atoms with Gasteiger partial charge in [0.05, 0.1) is 19.8 Å². The van der Waals surface area contributed by atoms with Crippen LogP contribution in [0.4, 0.5) is 0 Å². The molecule has 0 bridgehead atoms. The van der Waals surface area contributed by atoms with Gasteiger partial charge >= 0.3 is 0 Å². The summed E-state index contributed by atoms with van der Waals surface area (Å²) in [7, 11) is 1.70. The van der Waals surface area contributed by atoms with Crippen LogP contribution in [0.15, 0.2) is 54.6 Å². The Labute approximate surface area is 181 Å². The molecule has 1 aliphatic carbocycles. The highest BCUT2D eigenvalue weighted by atomic mass is 16.5. The van der Waals surface area contributed by atoms with E-state index in [1.165, 1.54) is 11.1 Å². The second kappa shape index (κ2) is 10.8. The lowest BCUT2D eigenvalue weighted by Crippen LogP contribution is -2.36. The zero-order valence-electron chi connectivity index (χ0n) is 18.7. The highest BCUT2D eigenvalue weighted by Crippen LogP contribution is 2.44. The second-order valence-electron chi connectivity index (χ2n) is 8.75. The van der Waals surface area contributed by atoms with Crippen molar-refractivity contribution in [3.63, 3.8) is 0 Å². The number of methoxy groups -OCH3 is 1. The molecule has 1 saturated carbocycles. The van der Waals surface area contributed by atoms with Gasteiger partial charge in [-0.05, 0) is 81.0 Å². The molecule has 0 heterocycles. The van der Waals surface area contributed by atoms with Crippen molar-refractivity contribution in [1.29, 1.82) is 0 Å². The normalized spacial score (nSPS) is 22.4. The first-order valence-electron chi connectivity index (χ1n) is 11.4. The van der Waals surface area contributed by atoms with Gasteiger partial charge < -0.3 is 9.47 Å². The van der Waals surface area contributed by atoms with Crippen molar-refractivity contribution < 1.29 is 14.3 Å². The number of Topliss-reactive ketones (excluding diaryl/α,β-unsaturated/α-hetero) is 1. The molecule has 0 aliphatic heterocycles. The summed E-state index contributed by atoms with van der Waals surface area (Å²) >= 11 is 0. The molecular weight excluding hydrogens is 372 g/mol. The lowest BCUT2D eigenvalue weighted by Gasteiger charge is -2.39. The Kier molecular flexibility index (Phi) is 8.09. The summed E-state index contributed by atoms with van der Waals surface area (Å²) in [4.78, 5) is 12.7. The van der Waals surface area contributed by atoms with Gasteiger partial charge in [0.1, 0.15) is 11.5 Å². The quantitative estimate of drug-likeness (QED) is 0.438. The molecule has 30 heavy (non-hydrogen) atoms. The molecule has 2 aromatic carbocycles. The fourth-order valence-electron chi connectivity index (χ4n) is 4.81. The zero-order chi connectivity index (χ0) is 21.4. The Balaban J connectivity index is 1.55. The molecule has 0 radical (unpaired) electrons. The van der Waals surface area contributed by atoms with E-state index in [-0.39, 0.29) is 11.5 Å². The van der Waals surface area contributed by atoms with Gasteiger partial charge in [0.2, 0.25) is 0 Å². The summed E-state index contributed by atoms with van der Waals surface area (Å²) in [5, 5.41) is 0. The first-order valence-corrected chi connectivity index (χ1v) is 11.4. The molecule has 3 rings (SSSR count). The minimum atomic E-state index is -0.174. The number of hydrogen-bond acceptors (Lipinski definition) is 3. The van der Waals surface area contributed by atoms with Crippen LogP contribution in [0.2, 0.25) is 0 Å². The van der Waals surface area contributed by atoms with Crippen LogP contribution >= 0.6 is 0 Å². The molecule has 162 valence electrons. The smallest absolute Gasteiger partial charge is 0.135 e. The maximum Gasteiger partial charge on any atom is 0.135 e. The van der Waals surface area contributed by atoms with E-state index >= 15 is 0 Å². The van der Waals surface area contributed by atoms with E-state index in [1.54, 1.807) is 14.0 Å². The van der Waals surface area contributed by atoms with E-state index in [4.69, 9.17) is 9.47 Å². The van der Waals surface area contributed by atoms with Gasteiger partial charge in [-0.1, -0.05) is 49.4 Å². The monoisotopic (exact) mass is 408 g/mol. The van der Waals surface area contributed by atoms with E-state index in [1.807, 2.05) is 30.3 Å². The molecule has 0 saturated heterocycles. The predicted molar refractivity (Wildman–Crippen MR) is 122 cm³/mol. The number of rotatable bonds is 10. The average molecular weight is 409 g/mol. The summed E-state index contributed by atoms with van der Waals surface area (Å²) in [5.74, 6) is 1.73. The molecule has 1 atom stereocenters. The van der Waals surface area contributed by atoms with Crippen LogP contribution in [-0.4, -0.2) is 19.0 Å². The van der Waals surface area contributed by atoms with Crippen LogP contribution in [0.25, 0.3) is 0 Å². The van der Waals surface area contributed by atoms with Crippen LogP contribution < -0.4 is 4.74 Å². The number of benzene rings is 2. The molecule has 3 heteroatoms. The summed E-state index contributed by atoms with van der Waals surface area (Å²) < 4.78 is 11.4. The fraction of sp³-hybridized carbons (Fsp3) is 0.519. The molecule has 2 aromatic rings. The van der Waals surface area contributed by atoms with Crippen molar-refractivity contribution in [2.75, 3.05) is 7.11 Å². The Bertz CT molecular complexity index is 774. The first kappa shape index (κ1) is 22.6. The summed E-state index contributed by atoms with van der Waals surface area (Å²) in [6.07, 6.45) is 7.22. The number of carbonyl (C=O) groups excluding carboxylic acids is 1. The van der Waals surface area contributed by atoms with Crippen LogP contribution in [-0.2, 0) is 16.1 Å². The van der Waals surface area contributed by atoms with Gasteiger partial charge in [0, 0.05) is 5.41 Å². The Morgan fingerprint density at radius 3 is 2.30 bits per heavy atom. The average Bonchev–Trinajstić information content (AvgIpc) is 2.80. The van der Waals surface area contributed by atoms with Crippen molar-refractivity contribution in [2.45, 2.75) is 77.4 Å². The largest absolute Gasteiger partial charge is 0.497 e. The van der Waals surface area contributed by atoms with Gasteiger partial charge in [0.15, 0.2) is 0 Å². The van der Waals surface area contributed by atoms with Crippen molar-refractivity contribution in [3.05, 3.63) is 65.7 Å². The zero-order valence-corrected chi connectivity index (χ0v) is 18.7. The topological polar surface area (TPSA) is 35.5 Å². The van der Waals surface area contributed by atoms with Gasteiger partial charge in [-0.15, -0.1) is 0 Å². The lowest BCUT2D eigenvalue weighted by atomic mass is 9.67. The van der Waals surface area contributed by atoms with E-state index in [2.05, 4.69) is 31.2 Å². The van der Waals surface area contributed by atoms with E-state index in [9.17, 15) is 4.79 Å². The third-order valence-corrected chi connectivity index (χ3v) is 7.02. The van der Waals surface area contributed by atoms with Gasteiger partial charge in [-0.25, -0.2) is 0 Å². The maximum absolute atomic E-state index is 12.7. The number of ketones is 1. The molecule has 3 nitrogen and oxygen atoms in total. The van der Waals surface area contributed by atoms with Gasteiger partial charge in [0.25, 0.3) is 0 Å². The fourth-order valence-corrected chi connectivity index (χ4v) is 4.81. The number of carbonyl (C=O) groups is 1. The second-order valence-corrected chi connectivity index (χ2v) is 8.75. The highest BCUT2D eigenvalue weighted by Gasteiger charge is 2.39. The van der Waals surface area contributed by atoms with Crippen molar-refractivity contribution in [2.24, 2.45) is 5.41 Å². The Morgan fingerprint density at radius 1 is 1.07 bits per heavy atom. The van der Waals surface area contributed by atoms with Gasteiger partial charge in [-0.2, -0.15) is 0 Å². The maximum atomic E-state index is 12.7. The van der Waals surface area contributed by atoms with Crippen molar-refractivity contribution in [1.82, 2.24) is 0 Å². The third kappa shape index (κ3) is 5.72. The Hall–Kier alpha value is -2.13. The summed E-state index contributed by atoms with van der Waals surface area (Å²) in [6.45, 7) is 4.69. The molecule has 0 spiro atoms. The van der Waals surface area contributed by atoms with Gasteiger partial charge in [-0.3, -0.25) is 4.79 Å². The number of ether oxygens (including phenoxy) is 2. The lowest BCUT2D eigenvalue weighted by molar-refractivity contribution is -0.131. The first-order chi connectivity index (χ1) is 14.6. The van der Waals surface area contributed by atoms with E-state index in [0.717, 1.165) is 50.7 Å². The molecule has 1 aliphatic rings. The third-order valence-electron chi connectivity index (χ3n) is 7.02. The summed E-state index contributed by atoms with van der Waals surface area (Å²) in [5.41, 5.74) is 2.38. The SMILES string of the molecule is CCC(CCC1(C(C)=O)CCC(OCc2ccccc2)CC1)c1ccc(OC)cc1. The Morgan fingerprint density at radius 2 is 1.73 bits per heavy atom. The van der Waals surface area contributed by atoms with Crippen LogP contribution in [0.3, 0.4) is 0 Å². The van der Waals surface area contributed by atoms with Crippen LogP contribution in [0, 0.1) is 5.41 Å². The van der Waals surface area contributed by atoms with Crippen LogP contribution in [0.1, 0.15) is 75.8 Å². The molecule has 0 N–H and O–H groups in total. The van der Waals surface area contributed by atoms with Crippen molar-refractivity contribution >= 4 is 5.78 Å². The molecule has 0 amide bonds. The van der Waals surface area contributed by atoms with Crippen molar-refractivity contribution in [3.8, 4) is 5.75 Å². The minimum Gasteiger partial charge on any atom is -0.497 e. The van der Waals surface area contributed by atoms with Crippen LogP contribution in [0.5, 0.6) is 5.75 Å². The predicted octanol–water partition coefficient (Wildman–Crippen LogP) is 6.70. The highest BCUT2D eigenvalue weighted by molar-refractivity contribution is 5.82.